The normalized spacial score (nSPS) is 13.2. The lowest BCUT2D eigenvalue weighted by atomic mass is 10.0. The van der Waals surface area contributed by atoms with E-state index < -0.39 is 0 Å². The summed E-state index contributed by atoms with van der Waals surface area (Å²) < 4.78 is 0. The van der Waals surface area contributed by atoms with Crippen LogP contribution < -0.4 is 10.6 Å². The topological polar surface area (TPSA) is 54.0 Å². The Bertz CT molecular complexity index is 640. The lowest BCUT2D eigenvalue weighted by molar-refractivity contribution is 0.102. The van der Waals surface area contributed by atoms with E-state index in [0.717, 1.165) is 30.8 Å². The van der Waals surface area contributed by atoms with E-state index in [9.17, 15) is 4.79 Å². The summed E-state index contributed by atoms with van der Waals surface area (Å²) in [6.45, 7) is 1.01. The van der Waals surface area contributed by atoms with Gasteiger partial charge in [0.15, 0.2) is 0 Å². The molecule has 0 atom stereocenters. The molecule has 2 aromatic rings. The van der Waals surface area contributed by atoms with Crippen LogP contribution in [0, 0.1) is 0 Å². The Morgan fingerprint density at radius 1 is 1.30 bits per heavy atom. The average Bonchev–Trinajstić information content (AvgIpc) is 2.48. The lowest BCUT2D eigenvalue weighted by Gasteiger charge is -2.18. The molecule has 1 aliphatic heterocycles. The Morgan fingerprint density at radius 2 is 2.20 bits per heavy atom. The van der Waals surface area contributed by atoms with Crippen LogP contribution in [-0.4, -0.2) is 17.4 Å². The highest BCUT2D eigenvalue weighted by Gasteiger charge is 2.11. The molecule has 20 heavy (non-hydrogen) atoms. The summed E-state index contributed by atoms with van der Waals surface area (Å²) in [5.74, 6) is -0.231. The molecule has 3 rings (SSSR count). The van der Waals surface area contributed by atoms with Crippen molar-refractivity contribution in [1.29, 1.82) is 0 Å². The molecular weight excluding hydrogens is 274 g/mol. The van der Waals surface area contributed by atoms with E-state index in [1.54, 1.807) is 12.1 Å². The van der Waals surface area contributed by atoms with Gasteiger partial charge in [-0.15, -0.1) is 0 Å². The minimum Gasteiger partial charge on any atom is -0.385 e. The number of anilines is 2. The predicted octanol–water partition coefficient (Wildman–Crippen LogP) is 3.35. The number of amides is 1. The predicted molar refractivity (Wildman–Crippen MR) is 80.5 cm³/mol. The van der Waals surface area contributed by atoms with Crippen LogP contribution in [0.3, 0.4) is 0 Å². The molecule has 4 nitrogen and oxygen atoms in total. The Labute approximate surface area is 122 Å². The number of nitrogens with one attached hydrogen (secondary N) is 2. The number of rotatable bonds is 2. The summed E-state index contributed by atoms with van der Waals surface area (Å²) in [7, 11) is 0. The summed E-state index contributed by atoms with van der Waals surface area (Å²) in [5, 5.41) is 6.71. The first-order valence-electron chi connectivity index (χ1n) is 6.52. The lowest BCUT2D eigenvalue weighted by Crippen LogP contribution is -2.15. The average molecular weight is 288 g/mol. The largest absolute Gasteiger partial charge is 0.385 e. The minimum atomic E-state index is -0.231. The van der Waals surface area contributed by atoms with E-state index in [1.807, 2.05) is 18.2 Å². The first-order chi connectivity index (χ1) is 9.72. The third-order valence-corrected chi connectivity index (χ3v) is 3.49. The van der Waals surface area contributed by atoms with Crippen LogP contribution in [0.2, 0.25) is 5.02 Å². The van der Waals surface area contributed by atoms with Crippen LogP contribution in [0.4, 0.5) is 11.4 Å². The molecule has 0 fully saturated rings. The van der Waals surface area contributed by atoms with E-state index in [0.29, 0.717) is 10.7 Å². The van der Waals surface area contributed by atoms with Crippen molar-refractivity contribution in [3.05, 3.63) is 52.8 Å². The van der Waals surface area contributed by atoms with Gasteiger partial charge < -0.3 is 10.6 Å². The van der Waals surface area contributed by atoms with Gasteiger partial charge in [-0.1, -0.05) is 11.6 Å². The number of carbonyl (C=O) groups is 1. The van der Waals surface area contributed by atoms with Crippen molar-refractivity contribution >= 4 is 28.9 Å². The second-order valence-electron chi connectivity index (χ2n) is 4.72. The van der Waals surface area contributed by atoms with Crippen molar-refractivity contribution in [2.75, 3.05) is 17.2 Å². The van der Waals surface area contributed by atoms with Crippen molar-refractivity contribution in [3.8, 4) is 0 Å². The van der Waals surface area contributed by atoms with E-state index >= 15 is 0 Å². The van der Waals surface area contributed by atoms with Gasteiger partial charge in [-0.25, -0.2) is 4.98 Å². The molecule has 1 aliphatic rings. The zero-order valence-corrected chi connectivity index (χ0v) is 11.6. The van der Waals surface area contributed by atoms with E-state index in [1.165, 1.54) is 11.8 Å². The molecule has 0 radical (unpaired) electrons. The van der Waals surface area contributed by atoms with Crippen LogP contribution in [-0.2, 0) is 6.42 Å². The summed E-state index contributed by atoms with van der Waals surface area (Å²) in [6, 6.07) is 9.16. The molecule has 5 heteroatoms. The van der Waals surface area contributed by atoms with Crippen molar-refractivity contribution in [2.24, 2.45) is 0 Å². The number of fused-ring (bicyclic) bond motifs is 1. The second kappa shape index (κ2) is 5.51. The van der Waals surface area contributed by atoms with Crippen LogP contribution in [0.15, 0.2) is 36.5 Å². The van der Waals surface area contributed by atoms with Gasteiger partial charge in [0.25, 0.3) is 5.91 Å². The standard InChI is InChI=1S/C15H14ClN3O/c16-11-3-5-14(18-9-11)15(20)19-12-4-6-13-10(8-12)2-1-7-17-13/h3-6,8-9,17H,1-2,7H2,(H,19,20). The molecule has 0 saturated carbocycles. The fourth-order valence-electron chi connectivity index (χ4n) is 2.26. The fraction of sp³-hybridized carbons (Fsp3) is 0.200. The number of hydrogen-bond acceptors (Lipinski definition) is 3. The van der Waals surface area contributed by atoms with Crippen LogP contribution in [0.1, 0.15) is 22.5 Å². The van der Waals surface area contributed by atoms with Gasteiger partial charge in [-0.05, 0) is 48.7 Å². The number of halogens is 1. The molecule has 2 heterocycles. The molecular formula is C15H14ClN3O. The van der Waals surface area contributed by atoms with Gasteiger partial charge in [0.2, 0.25) is 0 Å². The van der Waals surface area contributed by atoms with Gasteiger partial charge in [0, 0.05) is 24.1 Å². The molecule has 1 aromatic carbocycles. The number of nitrogens with zero attached hydrogens (tertiary/aromatic N) is 1. The summed E-state index contributed by atoms with van der Waals surface area (Å²) in [6.07, 6.45) is 3.61. The van der Waals surface area contributed by atoms with Gasteiger partial charge in [0.1, 0.15) is 5.69 Å². The second-order valence-corrected chi connectivity index (χ2v) is 5.15. The van der Waals surface area contributed by atoms with Crippen LogP contribution in [0.25, 0.3) is 0 Å². The molecule has 102 valence electrons. The van der Waals surface area contributed by atoms with Crippen molar-refractivity contribution < 1.29 is 4.79 Å². The van der Waals surface area contributed by atoms with Crippen LogP contribution in [0.5, 0.6) is 0 Å². The van der Waals surface area contributed by atoms with Gasteiger partial charge in [0.05, 0.1) is 5.02 Å². The number of benzene rings is 1. The maximum atomic E-state index is 12.1. The molecule has 0 saturated heterocycles. The van der Waals surface area contributed by atoms with E-state index in [2.05, 4.69) is 15.6 Å². The molecule has 2 N–H and O–H groups in total. The minimum absolute atomic E-state index is 0.231. The molecule has 0 spiro atoms. The van der Waals surface area contributed by atoms with Crippen molar-refractivity contribution in [3.63, 3.8) is 0 Å². The van der Waals surface area contributed by atoms with Crippen molar-refractivity contribution in [1.82, 2.24) is 4.98 Å². The highest BCUT2D eigenvalue weighted by Crippen LogP contribution is 2.25. The molecule has 1 amide bonds. The third-order valence-electron chi connectivity index (χ3n) is 3.26. The summed E-state index contributed by atoms with van der Waals surface area (Å²) >= 11 is 5.75. The molecule has 0 unspecified atom stereocenters. The Balaban J connectivity index is 1.77. The van der Waals surface area contributed by atoms with Crippen LogP contribution >= 0.6 is 11.6 Å². The zero-order chi connectivity index (χ0) is 13.9. The number of aromatic nitrogens is 1. The maximum Gasteiger partial charge on any atom is 0.274 e. The number of carbonyl (C=O) groups excluding carboxylic acids is 1. The highest BCUT2D eigenvalue weighted by molar-refractivity contribution is 6.30. The number of aryl methyl sites for hydroxylation is 1. The Kier molecular flexibility index (Phi) is 3.56. The monoisotopic (exact) mass is 287 g/mol. The van der Waals surface area contributed by atoms with Gasteiger partial charge >= 0.3 is 0 Å². The summed E-state index contributed by atoms with van der Waals surface area (Å²) in [5.41, 5.74) is 3.52. The molecule has 0 aliphatic carbocycles. The smallest absolute Gasteiger partial charge is 0.274 e. The van der Waals surface area contributed by atoms with Gasteiger partial charge in [-0.2, -0.15) is 0 Å². The Morgan fingerprint density at radius 3 is 3.00 bits per heavy atom. The quantitative estimate of drug-likeness (QED) is 0.891. The number of pyridine rings is 1. The van der Waals surface area contributed by atoms with E-state index in [4.69, 9.17) is 11.6 Å². The first-order valence-corrected chi connectivity index (χ1v) is 6.90. The van der Waals surface area contributed by atoms with Gasteiger partial charge in [-0.3, -0.25) is 4.79 Å². The third kappa shape index (κ3) is 2.75. The fourth-order valence-corrected chi connectivity index (χ4v) is 2.37. The maximum absolute atomic E-state index is 12.1. The van der Waals surface area contributed by atoms with E-state index in [-0.39, 0.29) is 5.91 Å². The first kappa shape index (κ1) is 12.9. The molecule has 1 aromatic heterocycles. The van der Waals surface area contributed by atoms with Crippen molar-refractivity contribution in [2.45, 2.75) is 12.8 Å². The zero-order valence-electron chi connectivity index (χ0n) is 10.8. The highest BCUT2D eigenvalue weighted by atomic mass is 35.5. The summed E-state index contributed by atoms with van der Waals surface area (Å²) in [4.78, 5) is 16.1. The number of hydrogen-bond donors (Lipinski definition) is 2. The Hall–Kier alpha value is -2.07. The SMILES string of the molecule is O=C(Nc1ccc2c(c1)CCCN2)c1ccc(Cl)cn1. The molecule has 0 bridgehead atoms.